The van der Waals surface area contributed by atoms with Gasteiger partial charge in [-0.05, 0) is 18.8 Å². The molecular weight excluding hydrogens is 244 g/mol. The molecule has 1 saturated heterocycles. The van der Waals surface area contributed by atoms with Crippen molar-refractivity contribution in [2.24, 2.45) is 11.8 Å². The molecule has 1 aliphatic rings. The molecule has 5 heteroatoms. The summed E-state index contributed by atoms with van der Waals surface area (Å²) in [7, 11) is 0. The van der Waals surface area contributed by atoms with E-state index in [9.17, 15) is 9.59 Å². The van der Waals surface area contributed by atoms with E-state index in [0.717, 1.165) is 19.4 Å². The molecule has 0 aromatic heterocycles. The highest BCUT2D eigenvalue weighted by Crippen LogP contribution is 2.14. The van der Waals surface area contributed by atoms with E-state index in [-0.39, 0.29) is 17.7 Å². The van der Waals surface area contributed by atoms with Crippen LogP contribution in [0.2, 0.25) is 0 Å². The number of amides is 2. The summed E-state index contributed by atoms with van der Waals surface area (Å²) >= 11 is 0. The van der Waals surface area contributed by atoms with Crippen molar-refractivity contribution in [3.63, 3.8) is 0 Å². The maximum atomic E-state index is 11.9. The number of rotatable bonds is 6. The minimum atomic E-state index is 0.0639. The van der Waals surface area contributed by atoms with E-state index in [0.29, 0.717) is 32.2 Å². The molecule has 0 radical (unpaired) electrons. The fourth-order valence-corrected chi connectivity index (χ4v) is 2.24. The number of hydrogen-bond donors (Lipinski definition) is 1. The van der Waals surface area contributed by atoms with Crippen LogP contribution < -0.4 is 5.32 Å². The first kappa shape index (κ1) is 16.0. The minimum absolute atomic E-state index is 0.0639. The minimum Gasteiger partial charge on any atom is -0.381 e. The van der Waals surface area contributed by atoms with Gasteiger partial charge in [-0.25, -0.2) is 0 Å². The van der Waals surface area contributed by atoms with E-state index in [4.69, 9.17) is 4.74 Å². The SMILES string of the molecule is CC(=O)N(CCNC(=O)C1CCOCC1)CC(C)C. The molecule has 0 aromatic carbocycles. The highest BCUT2D eigenvalue weighted by atomic mass is 16.5. The molecule has 0 aromatic rings. The van der Waals surface area contributed by atoms with Crippen molar-refractivity contribution in [1.29, 1.82) is 0 Å². The Morgan fingerprint density at radius 3 is 2.47 bits per heavy atom. The van der Waals surface area contributed by atoms with E-state index in [1.54, 1.807) is 11.8 Å². The van der Waals surface area contributed by atoms with Crippen molar-refractivity contribution < 1.29 is 14.3 Å². The van der Waals surface area contributed by atoms with E-state index in [2.05, 4.69) is 19.2 Å². The number of carbonyl (C=O) groups excluding carboxylic acids is 2. The molecule has 1 aliphatic heterocycles. The van der Waals surface area contributed by atoms with Crippen molar-refractivity contribution in [2.75, 3.05) is 32.8 Å². The Hall–Kier alpha value is -1.10. The van der Waals surface area contributed by atoms with Gasteiger partial charge in [0.25, 0.3) is 0 Å². The summed E-state index contributed by atoms with van der Waals surface area (Å²) in [5.74, 6) is 0.671. The van der Waals surface area contributed by atoms with Crippen molar-refractivity contribution in [3.05, 3.63) is 0 Å². The molecule has 0 aliphatic carbocycles. The molecule has 0 saturated carbocycles. The van der Waals surface area contributed by atoms with E-state index >= 15 is 0 Å². The highest BCUT2D eigenvalue weighted by molar-refractivity contribution is 5.78. The molecule has 1 N–H and O–H groups in total. The molecule has 2 amide bonds. The molecule has 5 nitrogen and oxygen atoms in total. The lowest BCUT2D eigenvalue weighted by atomic mass is 9.99. The fraction of sp³-hybridized carbons (Fsp3) is 0.857. The van der Waals surface area contributed by atoms with Crippen LogP contribution >= 0.6 is 0 Å². The molecule has 0 atom stereocenters. The van der Waals surface area contributed by atoms with Crippen LogP contribution in [0.15, 0.2) is 0 Å². The summed E-state index contributed by atoms with van der Waals surface area (Å²) < 4.78 is 5.23. The fourth-order valence-electron chi connectivity index (χ4n) is 2.24. The smallest absolute Gasteiger partial charge is 0.223 e. The van der Waals surface area contributed by atoms with E-state index in [1.807, 2.05) is 0 Å². The standard InChI is InChI=1S/C14H26N2O3/c1-11(2)10-16(12(3)17)7-6-15-14(18)13-4-8-19-9-5-13/h11,13H,4-10H2,1-3H3,(H,15,18). The summed E-state index contributed by atoms with van der Waals surface area (Å²) in [4.78, 5) is 25.1. The van der Waals surface area contributed by atoms with Gasteiger partial charge >= 0.3 is 0 Å². The quantitative estimate of drug-likeness (QED) is 0.784. The maximum absolute atomic E-state index is 11.9. The Morgan fingerprint density at radius 1 is 1.32 bits per heavy atom. The summed E-state index contributed by atoms with van der Waals surface area (Å²) in [6.07, 6.45) is 1.60. The second kappa shape index (κ2) is 8.15. The third kappa shape index (κ3) is 6.05. The van der Waals surface area contributed by atoms with Crippen LogP contribution in [-0.2, 0) is 14.3 Å². The third-order valence-corrected chi connectivity index (χ3v) is 3.30. The Kier molecular flexibility index (Phi) is 6.84. The number of carbonyl (C=O) groups is 2. The first-order chi connectivity index (χ1) is 9.00. The number of nitrogens with one attached hydrogen (secondary N) is 1. The van der Waals surface area contributed by atoms with E-state index < -0.39 is 0 Å². The molecule has 0 bridgehead atoms. The number of hydrogen-bond acceptors (Lipinski definition) is 3. The largest absolute Gasteiger partial charge is 0.381 e. The van der Waals surface area contributed by atoms with Crippen molar-refractivity contribution in [2.45, 2.75) is 33.6 Å². The lowest BCUT2D eigenvalue weighted by molar-refractivity contribution is -0.131. The Bertz CT molecular complexity index is 299. The molecule has 1 fully saturated rings. The van der Waals surface area contributed by atoms with Crippen molar-refractivity contribution in [3.8, 4) is 0 Å². The van der Waals surface area contributed by atoms with Crippen molar-refractivity contribution >= 4 is 11.8 Å². The second-order valence-corrected chi connectivity index (χ2v) is 5.54. The van der Waals surface area contributed by atoms with Gasteiger partial charge in [0.2, 0.25) is 11.8 Å². The van der Waals surface area contributed by atoms with Crippen LogP contribution in [0.4, 0.5) is 0 Å². The second-order valence-electron chi connectivity index (χ2n) is 5.54. The predicted molar refractivity (Wildman–Crippen MR) is 73.6 cm³/mol. The third-order valence-electron chi connectivity index (χ3n) is 3.30. The van der Waals surface area contributed by atoms with Crippen LogP contribution in [0, 0.1) is 11.8 Å². The Balaban J connectivity index is 2.26. The van der Waals surface area contributed by atoms with Gasteiger partial charge in [0.1, 0.15) is 0 Å². The molecule has 1 rings (SSSR count). The zero-order valence-electron chi connectivity index (χ0n) is 12.3. The van der Waals surface area contributed by atoms with Crippen LogP contribution in [0.3, 0.4) is 0 Å². The average Bonchev–Trinajstić information content (AvgIpc) is 2.37. The maximum Gasteiger partial charge on any atom is 0.223 e. The topological polar surface area (TPSA) is 58.6 Å². The van der Waals surface area contributed by atoms with Gasteiger partial charge in [0.15, 0.2) is 0 Å². The van der Waals surface area contributed by atoms with Crippen LogP contribution in [0.1, 0.15) is 33.6 Å². The summed E-state index contributed by atoms with van der Waals surface area (Å²) in [5.41, 5.74) is 0. The summed E-state index contributed by atoms with van der Waals surface area (Å²) in [6, 6.07) is 0. The normalized spacial score (nSPS) is 16.4. The lowest BCUT2D eigenvalue weighted by Crippen LogP contribution is -2.41. The molecule has 0 unspecified atom stereocenters. The van der Waals surface area contributed by atoms with Gasteiger partial charge in [0.05, 0.1) is 0 Å². The molecule has 1 heterocycles. The number of nitrogens with zero attached hydrogens (tertiary/aromatic N) is 1. The highest BCUT2D eigenvalue weighted by Gasteiger charge is 2.21. The van der Waals surface area contributed by atoms with Gasteiger partial charge in [-0.1, -0.05) is 13.8 Å². The molecular formula is C14H26N2O3. The Morgan fingerprint density at radius 2 is 1.95 bits per heavy atom. The molecule has 19 heavy (non-hydrogen) atoms. The van der Waals surface area contributed by atoms with Gasteiger partial charge in [-0.3, -0.25) is 9.59 Å². The molecule has 110 valence electrons. The van der Waals surface area contributed by atoms with Crippen LogP contribution in [0.5, 0.6) is 0 Å². The van der Waals surface area contributed by atoms with Crippen LogP contribution in [0.25, 0.3) is 0 Å². The van der Waals surface area contributed by atoms with Gasteiger partial charge in [-0.2, -0.15) is 0 Å². The zero-order valence-corrected chi connectivity index (χ0v) is 12.3. The first-order valence-electron chi connectivity index (χ1n) is 7.11. The first-order valence-corrected chi connectivity index (χ1v) is 7.11. The van der Waals surface area contributed by atoms with Crippen molar-refractivity contribution in [1.82, 2.24) is 10.2 Å². The lowest BCUT2D eigenvalue weighted by Gasteiger charge is -2.25. The van der Waals surface area contributed by atoms with E-state index in [1.165, 1.54) is 0 Å². The predicted octanol–water partition coefficient (Wildman–Crippen LogP) is 1.03. The van der Waals surface area contributed by atoms with Gasteiger partial charge in [-0.15, -0.1) is 0 Å². The van der Waals surface area contributed by atoms with Gasteiger partial charge in [0, 0.05) is 45.7 Å². The van der Waals surface area contributed by atoms with Crippen LogP contribution in [-0.4, -0.2) is 49.6 Å². The summed E-state index contributed by atoms with van der Waals surface area (Å²) in [6.45, 7) is 8.93. The monoisotopic (exact) mass is 270 g/mol. The van der Waals surface area contributed by atoms with Gasteiger partial charge < -0.3 is 15.0 Å². The Labute approximate surface area is 115 Å². The number of ether oxygens (including phenoxy) is 1. The average molecular weight is 270 g/mol. The summed E-state index contributed by atoms with van der Waals surface area (Å²) in [5, 5.41) is 2.92. The molecule has 0 spiro atoms. The zero-order chi connectivity index (χ0) is 14.3.